The van der Waals surface area contributed by atoms with Gasteiger partial charge in [-0.15, -0.1) is 0 Å². The summed E-state index contributed by atoms with van der Waals surface area (Å²) in [6, 6.07) is 7.70. The van der Waals surface area contributed by atoms with Crippen LogP contribution in [-0.2, 0) is 4.79 Å². The smallest absolute Gasteiger partial charge is 0.325 e. The van der Waals surface area contributed by atoms with E-state index in [2.05, 4.69) is 0 Å². The van der Waals surface area contributed by atoms with E-state index in [4.69, 9.17) is 11.6 Å². The number of nitrogens with zero attached hydrogens (tertiary/aromatic N) is 3. The van der Waals surface area contributed by atoms with Crippen LogP contribution in [0.1, 0.15) is 32.1 Å². The highest BCUT2D eigenvalue weighted by atomic mass is 35.5. The summed E-state index contributed by atoms with van der Waals surface area (Å²) < 4.78 is 0. The normalized spacial score (nSPS) is 25.4. The Labute approximate surface area is 147 Å². The van der Waals surface area contributed by atoms with Gasteiger partial charge >= 0.3 is 6.03 Å². The lowest BCUT2D eigenvalue weighted by Gasteiger charge is -2.41. The summed E-state index contributed by atoms with van der Waals surface area (Å²) in [5.41, 5.74) is 0.843. The number of piperazine rings is 1. The number of benzene rings is 1. The Kier molecular flexibility index (Phi) is 4.12. The first-order chi connectivity index (χ1) is 11.6. The van der Waals surface area contributed by atoms with Gasteiger partial charge in [0.25, 0.3) is 0 Å². The molecule has 1 aliphatic carbocycles. The topological polar surface area (TPSA) is 43.9 Å². The molecular weight excluding hydrogens is 326 g/mol. The minimum absolute atomic E-state index is 0.0704. The van der Waals surface area contributed by atoms with Crippen molar-refractivity contribution in [2.75, 3.05) is 24.5 Å². The van der Waals surface area contributed by atoms with E-state index in [9.17, 15) is 9.59 Å². The van der Waals surface area contributed by atoms with Crippen molar-refractivity contribution in [1.29, 1.82) is 0 Å². The zero-order valence-corrected chi connectivity index (χ0v) is 14.4. The van der Waals surface area contributed by atoms with Gasteiger partial charge < -0.3 is 9.80 Å². The van der Waals surface area contributed by atoms with Gasteiger partial charge in [0.1, 0.15) is 6.54 Å². The fourth-order valence-electron chi connectivity index (χ4n) is 4.20. The molecule has 2 saturated heterocycles. The van der Waals surface area contributed by atoms with Crippen LogP contribution in [0.5, 0.6) is 0 Å². The molecule has 0 N–H and O–H groups in total. The van der Waals surface area contributed by atoms with Crippen molar-refractivity contribution in [1.82, 2.24) is 9.80 Å². The fraction of sp³-hybridized carbons (Fsp3) is 0.556. The number of carbonyl (C=O) groups excluding carboxylic acids is 2. The molecule has 3 fully saturated rings. The summed E-state index contributed by atoms with van der Waals surface area (Å²) in [6.07, 6.45) is 5.90. The molecule has 3 amide bonds. The standard InChI is InChI=1S/C18H22ClN3O2/c19-13-6-8-15(9-7-13)21-11-16-10-20(14-4-2-1-3-5-14)17(23)12-22(16)18(21)24/h6-9,14,16H,1-5,10-12H2. The monoisotopic (exact) mass is 347 g/mol. The number of amides is 3. The molecule has 2 aliphatic heterocycles. The van der Waals surface area contributed by atoms with Gasteiger partial charge in [0, 0.05) is 29.8 Å². The van der Waals surface area contributed by atoms with Crippen LogP contribution in [0.15, 0.2) is 24.3 Å². The van der Waals surface area contributed by atoms with Crippen molar-refractivity contribution < 1.29 is 9.59 Å². The lowest BCUT2D eigenvalue weighted by atomic mass is 9.93. The van der Waals surface area contributed by atoms with Gasteiger partial charge in [-0.2, -0.15) is 0 Å². The maximum atomic E-state index is 12.7. The first-order valence-electron chi connectivity index (χ1n) is 8.76. The Morgan fingerprint density at radius 3 is 2.29 bits per heavy atom. The maximum Gasteiger partial charge on any atom is 0.325 e. The Hall–Kier alpha value is -1.75. The highest BCUT2D eigenvalue weighted by molar-refractivity contribution is 6.30. The van der Waals surface area contributed by atoms with Crippen molar-refractivity contribution in [3.8, 4) is 0 Å². The SMILES string of the molecule is O=C1CN2C(=O)N(c3ccc(Cl)cc3)CC2CN1C1CCCCC1. The largest absolute Gasteiger partial charge is 0.336 e. The van der Waals surface area contributed by atoms with E-state index in [1.54, 1.807) is 21.9 Å². The number of hydrogen-bond acceptors (Lipinski definition) is 2. The van der Waals surface area contributed by atoms with E-state index in [0.717, 1.165) is 18.5 Å². The van der Waals surface area contributed by atoms with Gasteiger partial charge in [-0.05, 0) is 37.1 Å². The van der Waals surface area contributed by atoms with E-state index in [1.165, 1.54) is 19.3 Å². The molecule has 5 nitrogen and oxygen atoms in total. The van der Waals surface area contributed by atoms with Gasteiger partial charge in [-0.25, -0.2) is 4.79 Å². The average Bonchev–Trinajstić information content (AvgIpc) is 2.92. The first-order valence-corrected chi connectivity index (χ1v) is 9.14. The molecule has 0 spiro atoms. The lowest BCUT2D eigenvalue weighted by molar-refractivity contribution is -0.139. The van der Waals surface area contributed by atoms with Crippen molar-refractivity contribution in [3.63, 3.8) is 0 Å². The number of rotatable bonds is 2. The van der Waals surface area contributed by atoms with E-state index in [1.807, 2.05) is 17.0 Å². The zero-order chi connectivity index (χ0) is 16.7. The number of anilines is 1. The molecule has 128 valence electrons. The van der Waals surface area contributed by atoms with Crippen LogP contribution >= 0.6 is 11.6 Å². The van der Waals surface area contributed by atoms with Crippen LogP contribution < -0.4 is 4.90 Å². The number of urea groups is 1. The molecule has 1 atom stereocenters. The third kappa shape index (κ3) is 2.75. The number of carbonyl (C=O) groups is 2. The molecule has 6 heteroatoms. The predicted molar refractivity (Wildman–Crippen MR) is 93.3 cm³/mol. The highest BCUT2D eigenvalue weighted by Crippen LogP contribution is 2.30. The van der Waals surface area contributed by atoms with Crippen LogP contribution in [0.3, 0.4) is 0 Å². The Balaban J connectivity index is 1.51. The zero-order valence-electron chi connectivity index (χ0n) is 13.7. The summed E-state index contributed by atoms with van der Waals surface area (Å²) in [7, 11) is 0. The molecule has 24 heavy (non-hydrogen) atoms. The molecule has 0 aromatic heterocycles. The quantitative estimate of drug-likeness (QED) is 0.825. The van der Waals surface area contributed by atoms with Crippen molar-refractivity contribution >= 4 is 29.2 Å². The van der Waals surface area contributed by atoms with E-state index in [0.29, 0.717) is 24.2 Å². The summed E-state index contributed by atoms with van der Waals surface area (Å²) in [5.74, 6) is 0.101. The molecule has 1 aromatic rings. The molecule has 1 aromatic carbocycles. The Morgan fingerprint density at radius 1 is 0.875 bits per heavy atom. The first kappa shape index (κ1) is 15.8. The number of fused-ring (bicyclic) bond motifs is 1. The van der Waals surface area contributed by atoms with Crippen LogP contribution in [0.4, 0.5) is 10.5 Å². The summed E-state index contributed by atoms with van der Waals surface area (Å²) in [6.45, 7) is 1.51. The summed E-state index contributed by atoms with van der Waals surface area (Å²) >= 11 is 5.94. The van der Waals surface area contributed by atoms with Gasteiger partial charge in [0.15, 0.2) is 0 Å². The highest BCUT2D eigenvalue weighted by Gasteiger charge is 2.45. The van der Waals surface area contributed by atoms with Crippen molar-refractivity contribution in [2.24, 2.45) is 0 Å². The van der Waals surface area contributed by atoms with Crippen molar-refractivity contribution in [2.45, 2.75) is 44.2 Å². The summed E-state index contributed by atoms with van der Waals surface area (Å²) in [5, 5.41) is 0.654. The molecule has 1 saturated carbocycles. The van der Waals surface area contributed by atoms with Gasteiger partial charge in [-0.1, -0.05) is 30.9 Å². The second-order valence-electron chi connectivity index (χ2n) is 6.99. The third-order valence-corrected chi connectivity index (χ3v) is 5.75. The van der Waals surface area contributed by atoms with Crippen LogP contribution in [0, 0.1) is 0 Å². The average molecular weight is 348 g/mol. The van der Waals surface area contributed by atoms with Gasteiger partial charge in [0.05, 0.1) is 6.04 Å². The second kappa shape index (κ2) is 6.28. The minimum atomic E-state index is -0.0704. The Bertz CT molecular complexity index is 642. The maximum absolute atomic E-state index is 12.7. The van der Waals surface area contributed by atoms with E-state index in [-0.39, 0.29) is 24.5 Å². The minimum Gasteiger partial charge on any atom is -0.336 e. The van der Waals surface area contributed by atoms with Crippen LogP contribution in [0.25, 0.3) is 0 Å². The molecule has 4 rings (SSSR count). The van der Waals surface area contributed by atoms with Crippen LogP contribution in [-0.4, -0.2) is 53.5 Å². The van der Waals surface area contributed by atoms with Gasteiger partial charge in [0.2, 0.25) is 5.91 Å². The van der Waals surface area contributed by atoms with Gasteiger partial charge in [-0.3, -0.25) is 9.69 Å². The molecular formula is C18H22ClN3O2. The molecule has 2 heterocycles. The molecule has 0 bridgehead atoms. The summed E-state index contributed by atoms with van der Waals surface area (Å²) in [4.78, 5) is 30.8. The number of halogens is 1. The van der Waals surface area contributed by atoms with Crippen molar-refractivity contribution in [3.05, 3.63) is 29.3 Å². The second-order valence-corrected chi connectivity index (χ2v) is 7.43. The lowest BCUT2D eigenvalue weighted by Crippen LogP contribution is -2.58. The van der Waals surface area contributed by atoms with E-state index < -0.39 is 0 Å². The molecule has 3 aliphatic rings. The number of hydrogen-bond donors (Lipinski definition) is 0. The predicted octanol–water partition coefficient (Wildman–Crippen LogP) is 3.13. The molecule has 1 unspecified atom stereocenters. The molecule has 0 radical (unpaired) electrons. The van der Waals surface area contributed by atoms with Crippen LogP contribution in [0.2, 0.25) is 5.02 Å². The van der Waals surface area contributed by atoms with E-state index >= 15 is 0 Å². The third-order valence-electron chi connectivity index (χ3n) is 5.50. The Morgan fingerprint density at radius 2 is 1.58 bits per heavy atom. The fourth-order valence-corrected chi connectivity index (χ4v) is 4.33.